The highest BCUT2D eigenvalue weighted by atomic mass is 15.3. The van der Waals surface area contributed by atoms with E-state index in [-0.39, 0.29) is 0 Å². The number of rotatable bonds is 5. The van der Waals surface area contributed by atoms with Gasteiger partial charge in [-0.1, -0.05) is 43.8 Å². The van der Waals surface area contributed by atoms with E-state index in [2.05, 4.69) is 47.6 Å². The molecule has 2 rings (SSSR count). The zero-order valence-corrected chi connectivity index (χ0v) is 11.4. The Hall–Kier alpha value is -1.12. The summed E-state index contributed by atoms with van der Waals surface area (Å²) < 4.78 is 0. The third kappa shape index (κ3) is 3.69. The molecule has 1 heterocycles. The molecule has 1 aliphatic rings. The Labute approximate surface area is 111 Å². The van der Waals surface area contributed by atoms with Crippen LogP contribution in [0.1, 0.15) is 18.1 Å². The fraction of sp³-hybridized carbons (Fsp3) is 0.500. The van der Waals surface area contributed by atoms with Gasteiger partial charge < -0.3 is 9.80 Å². The summed E-state index contributed by atoms with van der Waals surface area (Å²) in [7, 11) is 0. The molecule has 18 heavy (non-hydrogen) atoms. The smallest absolute Gasteiger partial charge is 0.0110 e. The average molecular weight is 244 g/mol. The van der Waals surface area contributed by atoms with Gasteiger partial charge in [-0.05, 0) is 24.1 Å². The van der Waals surface area contributed by atoms with E-state index in [9.17, 15) is 0 Å². The van der Waals surface area contributed by atoms with Crippen LogP contribution in [-0.2, 0) is 6.42 Å². The van der Waals surface area contributed by atoms with Gasteiger partial charge >= 0.3 is 0 Å². The normalized spacial score (nSPS) is 17.8. The molecule has 0 spiro atoms. The van der Waals surface area contributed by atoms with Gasteiger partial charge in [0.05, 0.1) is 0 Å². The second-order valence-corrected chi connectivity index (χ2v) is 4.97. The van der Waals surface area contributed by atoms with Gasteiger partial charge in [0.1, 0.15) is 0 Å². The third-order valence-corrected chi connectivity index (χ3v) is 3.84. The van der Waals surface area contributed by atoms with Crippen molar-refractivity contribution in [3.05, 3.63) is 42.0 Å². The number of benzene rings is 1. The first-order valence-electron chi connectivity index (χ1n) is 6.98. The van der Waals surface area contributed by atoms with E-state index < -0.39 is 0 Å². The van der Waals surface area contributed by atoms with Crippen LogP contribution < -0.4 is 0 Å². The van der Waals surface area contributed by atoms with Crippen LogP contribution in [0.4, 0.5) is 0 Å². The summed E-state index contributed by atoms with van der Waals surface area (Å²) in [6.45, 7) is 13.3. The fourth-order valence-corrected chi connectivity index (χ4v) is 2.44. The molecule has 1 aliphatic heterocycles. The fourth-order valence-electron chi connectivity index (χ4n) is 2.44. The van der Waals surface area contributed by atoms with E-state index in [0.29, 0.717) is 0 Å². The van der Waals surface area contributed by atoms with Gasteiger partial charge in [0.2, 0.25) is 0 Å². The van der Waals surface area contributed by atoms with E-state index >= 15 is 0 Å². The van der Waals surface area contributed by atoms with E-state index in [1.165, 1.54) is 50.4 Å². The van der Waals surface area contributed by atoms with Crippen LogP contribution in [-0.4, -0.2) is 49.1 Å². The van der Waals surface area contributed by atoms with Gasteiger partial charge in [0.25, 0.3) is 0 Å². The summed E-state index contributed by atoms with van der Waals surface area (Å²) in [5, 5.41) is 0. The number of piperazine rings is 1. The molecule has 1 aromatic rings. The van der Waals surface area contributed by atoms with Gasteiger partial charge in [-0.3, -0.25) is 0 Å². The van der Waals surface area contributed by atoms with Gasteiger partial charge in [0.15, 0.2) is 0 Å². The molecule has 0 amide bonds. The lowest BCUT2D eigenvalue weighted by atomic mass is 10.1. The number of likely N-dealkylation sites (N-methyl/N-ethyl adjacent to an activating group) is 1. The van der Waals surface area contributed by atoms with Gasteiger partial charge in [0, 0.05) is 32.7 Å². The van der Waals surface area contributed by atoms with Crippen LogP contribution in [0.3, 0.4) is 0 Å². The van der Waals surface area contributed by atoms with E-state index in [1.807, 2.05) is 6.08 Å². The summed E-state index contributed by atoms with van der Waals surface area (Å²) in [5.74, 6) is 0. The Morgan fingerprint density at radius 1 is 1.06 bits per heavy atom. The topological polar surface area (TPSA) is 6.48 Å². The average Bonchev–Trinajstić information content (AvgIpc) is 2.46. The molecule has 0 aromatic heterocycles. The van der Waals surface area contributed by atoms with Gasteiger partial charge in [-0.15, -0.1) is 0 Å². The molecule has 1 aromatic carbocycles. The van der Waals surface area contributed by atoms with Crippen molar-refractivity contribution in [3.63, 3.8) is 0 Å². The first kappa shape index (κ1) is 13.3. The largest absolute Gasteiger partial charge is 0.301 e. The quantitative estimate of drug-likeness (QED) is 0.785. The summed E-state index contributed by atoms with van der Waals surface area (Å²) in [6.07, 6.45) is 3.05. The zero-order valence-electron chi connectivity index (χ0n) is 11.4. The summed E-state index contributed by atoms with van der Waals surface area (Å²) in [5.41, 5.74) is 2.63. The molecule has 0 radical (unpaired) electrons. The van der Waals surface area contributed by atoms with Crippen molar-refractivity contribution in [1.82, 2.24) is 9.80 Å². The molecule has 0 aliphatic carbocycles. The lowest BCUT2D eigenvalue weighted by Gasteiger charge is -2.34. The predicted octanol–water partition coefficient (Wildman–Crippen LogP) is 2.51. The van der Waals surface area contributed by atoms with E-state index in [0.717, 1.165) is 6.42 Å². The Morgan fingerprint density at radius 2 is 1.67 bits per heavy atom. The molecule has 98 valence electrons. The van der Waals surface area contributed by atoms with Crippen LogP contribution in [0.25, 0.3) is 6.08 Å². The van der Waals surface area contributed by atoms with Gasteiger partial charge in [-0.2, -0.15) is 0 Å². The molecule has 0 bridgehead atoms. The minimum atomic E-state index is 1.16. The Bertz CT molecular complexity index is 361. The van der Waals surface area contributed by atoms with Crippen molar-refractivity contribution in [3.8, 4) is 0 Å². The second kappa shape index (κ2) is 6.72. The Morgan fingerprint density at radius 3 is 2.22 bits per heavy atom. The highest BCUT2D eigenvalue weighted by Crippen LogP contribution is 2.08. The lowest BCUT2D eigenvalue weighted by molar-refractivity contribution is 0.138. The Kier molecular flexibility index (Phi) is 4.97. The van der Waals surface area contributed by atoms with Crippen LogP contribution in [0.2, 0.25) is 0 Å². The SMILES string of the molecule is C=Cc1ccc(CCN2CCN(CC)CC2)cc1. The molecule has 1 fully saturated rings. The molecule has 0 N–H and O–H groups in total. The third-order valence-electron chi connectivity index (χ3n) is 3.84. The lowest BCUT2D eigenvalue weighted by Crippen LogP contribution is -2.46. The zero-order chi connectivity index (χ0) is 12.8. The predicted molar refractivity (Wildman–Crippen MR) is 78.8 cm³/mol. The molecular weight excluding hydrogens is 220 g/mol. The van der Waals surface area contributed by atoms with Crippen molar-refractivity contribution in [2.24, 2.45) is 0 Å². The first-order chi connectivity index (χ1) is 8.81. The molecule has 0 unspecified atom stereocenters. The van der Waals surface area contributed by atoms with Crippen molar-refractivity contribution >= 4 is 6.08 Å². The first-order valence-corrected chi connectivity index (χ1v) is 6.98. The van der Waals surface area contributed by atoms with Crippen LogP contribution in [0, 0.1) is 0 Å². The van der Waals surface area contributed by atoms with Gasteiger partial charge in [-0.25, -0.2) is 0 Å². The van der Waals surface area contributed by atoms with Crippen molar-refractivity contribution in [1.29, 1.82) is 0 Å². The summed E-state index contributed by atoms with van der Waals surface area (Å²) in [4.78, 5) is 5.10. The van der Waals surface area contributed by atoms with Crippen LogP contribution in [0.15, 0.2) is 30.8 Å². The number of hydrogen-bond acceptors (Lipinski definition) is 2. The minimum Gasteiger partial charge on any atom is -0.301 e. The Balaban J connectivity index is 1.76. The van der Waals surface area contributed by atoms with Crippen molar-refractivity contribution < 1.29 is 0 Å². The molecule has 2 nitrogen and oxygen atoms in total. The number of hydrogen-bond donors (Lipinski definition) is 0. The maximum atomic E-state index is 3.78. The highest BCUT2D eigenvalue weighted by Gasteiger charge is 2.14. The molecule has 0 atom stereocenters. The highest BCUT2D eigenvalue weighted by molar-refractivity contribution is 5.47. The second-order valence-electron chi connectivity index (χ2n) is 4.97. The maximum Gasteiger partial charge on any atom is 0.0110 e. The van der Waals surface area contributed by atoms with Crippen LogP contribution in [0.5, 0.6) is 0 Å². The minimum absolute atomic E-state index is 1.16. The maximum absolute atomic E-state index is 3.78. The van der Waals surface area contributed by atoms with Crippen molar-refractivity contribution in [2.45, 2.75) is 13.3 Å². The molecule has 0 saturated carbocycles. The van der Waals surface area contributed by atoms with E-state index in [4.69, 9.17) is 0 Å². The summed E-state index contributed by atoms with van der Waals surface area (Å²) >= 11 is 0. The van der Waals surface area contributed by atoms with Crippen LogP contribution >= 0.6 is 0 Å². The molecular formula is C16H24N2. The molecule has 1 saturated heterocycles. The summed E-state index contributed by atoms with van der Waals surface area (Å²) in [6, 6.07) is 8.74. The van der Waals surface area contributed by atoms with E-state index in [1.54, 1.807) is 0 Å². The van der Waals surface area contributed by atoms with Crippen molar-refractivity contribution in [2.75, 3.05) is 39.3 Å². The number of nitrogens with zero attached hydrogens (tertiary/aromatic N) is 2. The molecule has 2 heteroatoms. The monoisotopic (exact) mass is 244 g/mol. The standard InChI is InChI=1S/C16H24N2/c1-3-15-5-7-16(8-6-15)9-10-18-13-11-17(4-2)12-14-18/h3,5-8H,1,4,9-14H2,2H3.